The molecular formula is C30H38N2O2. The van der Waals surface area contributed by atoms with Gasteiger partial charge in [0.05, 0.1) is 0 Å². The van der Waals surface area contributed by atoms with Crippen molar-refractivity contribution in [3.63, 3.8) is 0 Å². The molecule has 0 heterocycles. The first-order valence-electron chi connectivity index (χ1n) is 12.4. The summed E-state index contributed by atoms with van der Waals surface area (Å²) in [5, 5.41) is 17.5. The Morgan fingerprint density at radius 2 is 1.38 bits per heavy atom. The zero-order valence-electron chi connectivity index (χ0n) is 21.2. The number of unbranched alkanes of at least 4 members (excludes halogenated alkanes) is 2. The molecule has 180 valence electrons. The fraction of sp³-hybridized carbons (Fsp3) is 0.367. The third-order valence-corrected chi connectivity index (χ3v) is 6.38. The molecule has 0 aromatic heterocycles. The van der Waals surface area contributed by atoms with Crippen LogP contribution < -0.4 is 10.6 Å². The fourth-order valence-corrected chi connectivity index (χ4v) is 4.43. The number of nitrogens with one attached hydrogen (secondary N) is 2. The van der Waals surface area contributed by atoms with E-state index in [4.69, 9.17) is 0 Å². The van der Waals surface area contributed by atoms with Gasteiger partial charge in [-0.15, -0.1) is 0 Å². The molecule has 3 aromatic rings. The molecule has 3 rings (SSSR count). The molecule has 34 heavy (non-hydrogen) atoms. The van der Waals surface area contributed by atoms with E-state index < -0.39 is 0 Å². The molecule has 0 spiro atoms. The Morgan fingerprint density at radius 3 is 1.94 bits per heavy atom. The summed E-state index contributed by atoms with van der Waals surface area (Å²) in [7, 11) is 0. The van der Waals surface area contributed by atoms with Gasteiger partial charge >= 0.3 is 0 Å². The van der Waals surface area contributed by atoms with Crippen LogP contribution in [0.3, 0.4) is 0 Å². The number of benzene rings is 3. The van der Waals surface area contributed by atoms with Crippen LogP contribution in [0.5, 0.6) is 5.75 Å². The van der Waals surface area contributed by atoms with Crippen LogP contribution in [-0.2, 0) is 12.8 Å². The Morgan fingerprint density at radius 1 is 0.824 bits per heavy atom. The van der Waals surface area contributed by atoms with Gasteiger partial charge in [-0.3, -0.25) is 4.79 Å². The van der Waals surface area contributed by atoms with Crippen LogP contribution in [0.25, 0.3) is 0 Å². The molecule has 0 atom stereocenters. The molecule has 3 aromatic carbocycles. The Labute approximate surface area is 204 Å². The third-order valence-electron chi connectivity index (χ3n) is 6.38. The number of carbonyl (C=O) groups is 1. The van der Waals surface area contributed by atoms with Gasteiger partial charge in [0.15, 0.2) is 0 Å². The van der Waals surface area contributed by atoms with Crippen molar-refractivity contribution in [1.29, 1.82) is 0 Å². The van der Waals surface area contributed by atoms with E-state index in [2.05, 4.69) is 37.5 Å². The first kappa shape index (κ1) is 25.4. The second-order valence-electron chi connectivity index (χ2n) is 9.18. The zero-order valence-corrected chi connectivity index (χ0v) is 21.2. The van der Waals surface area contributed by atoms with Crippen molar-refractivity contribution in [2.45, 2.75) is 73.1 Å². The summed E-state index contributed by atoms with van der Waals surface area (Å²) in [6, 6.07) is 15.9. The van der Waals surface area contributed by atoms with Gasteiger partial charge in [0.1, 0.15) is 5.75 Å². The van der Waals surface area contributed by atoms with Crippen molar-refractivity contribution >= 4 is 23.0 Å². The van der Waals surface area contributed by atoms with Crippen LogP contribution in [0.4, 0.5) is 17.1 Å². The maximum absolute atomic E-state index is 13.4. The lowest BCUT2D eigenvalue weighted by atomic mass is 9.96. The lowest BCUT2D eigenvalue weighted by Gasteiger charge is -2.20. The Bertz CT molecular complexity index is 1110. The van der Waals surface area contributed by atoms with Crippen LogP contribution in [0.15, 0.2) is 48.5 Å². The summed E-state index contributed by atoms with van der Waals surface area (Å²) in [5.41, 5.74) is 8.34. The standard InChI is InChI=1S/C30H38N2O2/c1-6-8-13-23-18-25(19-24(29(23)33)14-9-7-2)30(34)32-28-21(4)17-20(3)27(22(28)5)31-26-15-11-10-12-16-26/h10-12,15-19,31,33H,6-9,13-14H2,1-5H3,(H,32,34). The average Bonchev–Trinajstić information content (AvgIpc) is 2.83. The summed E-state index contributed by atoms with van der Waals surface area (Å²) in [6.45, 7) is 10.4. The summed E-state index contributed by atoms with van der Waals surface area (Å²) < 4.78 is 0. The molecule has 4 heteroatoms. The number of phenols is 1. The highest BCUT2D eigenvalue weighted by Gasteiger charge is 2.18. The lowest BCUT2D eigenvalue weighted by molar-refractivity contribution is 0.102. The molecule has 4 nitrogen and oxygen atoms in total. The van der Waals surface area contributed by atoms with E-state index in [-0.39, 0.29) is 5.91 Å². The van der Waals surface area contributed by atoms with Crippen molar-refractivity contribution < 1.29 is 9.90 Å². The fourth-order valence-electron chi connectivity index (χ4n) is 4.43. The number of phenolic OH excluding ortho intramolecular Hbond substituents is 1. The average molecular weight is 459 g/mol. The first-order valence-corrected chi connectivity index (χ1v) is 12.4. The number of aromatic hydroxyl groups is 1. The molecule has 0 saturated carbocycles. The zero-order chi connectivity index (χ0) is 24.7. The SMILES string of the molecule is CCCCc1cc(C(=O)Nc2c(C)cc(C)c(Nc3ccccc3)c2C)cc(CCCC)c1O. The van der Waals surface area contributed by atoms with Crippen LogP contribution in [0.1, 0.15) is 77.7 Å². The van der Waals surface area contributed by atoms with Gasteiger partial charge in [0.2, 0.25) is 0 Å². The van der Waals surface area contributed by atoms with Gasteiger partial charge in [-0.25, -0.2) is 0 Å². The number of anilines is 3. The number of hydrogen-bond acceptors (Lipinski definition) is 3. The molecule has 3 N–H and O–H groups in total. The van der Waals surface area contributed by atoms with E-state index in [0.717, 1.165) is 83.4 Å². The highest BCUT2D eigenvalue weighted by molar-refractivity contribution is 6.06. The van der Waals surface area contributed by atoms with E-state index >= 15 is 0 Å². The minimum Gasteiger partial charge on any atom is -0.507 e. The van der Waals surface area contributed by atoms with Crippen molar-refractivity contribution in [2.24, 2.45) is 0 Å². The van der Waals surface area contributed by atoms with Crippen LogP contribution in [0, 0.1) is 20.8 Å². The monoisotopic (exact) mass is 458 g/mol. The van der Waals surface area contributed by atoms with E-state index in [1.807, 2.05) is 56.3 Å². The third kappa shape index (κ3) is 5.99. The molecular weight excluding hydrogens is 420 g/mol. The number of aryl methyl sites for hydroxylation is 4. The van der Waals surface area contributed by atoms with Crippen molar-refractivity contribution in [1.82, 2.24) is 0 Å². The minimum atomic E-state index is -0.142. The van der Waals surface area contributed by atoms with E-state index in [1.165, 1.54) is 0 Å². The molecule has 0 aliphatic heterocycles. The second kappa shape index (κ2) is 11.7. The van der Waals surface area contributed by atoms with Gasteiger partial charge in [0, 0.05) is 22.6 Å². The summed E-state index contributed by atoms with van der Waals surface area (Å²) in [6.07, 6.45) is 5.60. The Hall–Kier alpha value is -3.27. The van der Waals surface area contributed by atoms with E-state index in [1.54, 1.807) is 0 Å². The highest BCUT2D eigenvalue weighted by atomic mass is 16.3. The quantitative estimate of drug-likeness (QED) is 0.288. The number of carbonyl (C=O) groups excluding carboxylic acids is 1. The number of hydrogen-bond donors (Lipinski definition) is 3. The van der Waals surface area contributed by atoms with Crippen molar-refractivity contribution in [3.8, 4) is 5.75 Å². The van der Waals surface area contributed by atoms with Gasteiger partial charge in [-0.05, 0) is 98.5 Å². The molecule has 0 aliphatic rings. The molecule has 1 amide bonds. The van der Waals surface area contributed by atoms with Crippen LogP contribution in [0.2, 0.25) is 0 Å². The first-order chi connectivity index (χ1) is 16.3. The number of para-hydroxylation sites is 1. The number of rotatable bonds is 10. The molecule has 0 radical (unpaired) electrons. The molecule has 0 aliphatic carbocycles. The second-order valence-corrected chi connectivity index (χ2v) is 9.18. The summed E-state index contributed by atoms with van der Waals surface area (Å²) >= 11 is 0. The smallest absolute Gasteiger partial charge is 0.255 e. The van der Waals surface area contributed by atoms with Gasteiger partial charge in [-0.2, -0.15) is 0 Å². The van der Waals surface area contributed by atoms with Crippen LogP contribution >= 0.6 is 0 Å². The molecule has 0 saturated heterocycles. The Balaban J connectivity index is 1.94. The van der Waals surface area contributed by atoms with Gasteiger partial charge in [0.25, 0.3) is 5.91 Å². The lowest BCUT2D eigenvalue weighted by Crippen LogP contribution is -2.16. The highest BCUT2D eigenvalue weighted by Crippen LogP contribution is 2.34. The maximum atomic E-state index is 13.4. The number of amides is 1. The minimum absolute atomic E-state index is 0.142. The van der Waals surface area contributed by atoms with Gasteiger partial charge in [-0.1, -0.05) is 51.0 Å². The predicted molar refractivity (Wildman–Crippen MR) is 144 cm³/mol. The predicted octanol–water partition coefficient (Wildman–Crippen LogP) is 8.00. The molecule has 0 bridgehead atoms. The molecule has 0 unspecified atom stereocenters. The molecule has 0 fully saturated rings. The largest absolute Gasteiger partial charge is 0.507 e. The van der Waals surface area contributed by atoms with Crippen molar-refractivity contribution in [3.05, 3.63) is 81.9 Å². The summed E-state index contributed by atoms with van der Waals surface area (Å²) in [5.74, 6) is 0.215. The summed E-state index contributed by atoms with van der Waals surface area (Å²) in [4.78, 5) is 13.4. The normalized spacial score (nSPS) is 10.9. The van der Waals surface area contributed by atoms with E-state index in [0.29, 0.717) is 11.3 Å². The topological polar surface area (TPSA) is 61.4 Å². The Kier molecular flexibility index (Phi) is 8.75. The van der Waals surface area contributed by atoms with Gasteiger partial charge < -0.3 is 15.7 Å². The van der Waals surface area contributed by atoms with Crippen LogP contribution in [-0.4, -0.2) is 11.0 Å². The van der Waals surface area contributed by atoms with Crippen molar-refractivity contribution in [2.75, 3.05) is 10.6 Å². The maximum Gasteiger partial charge on any atom is 0.255 e. The van der Waals surface area contributed by atoms with E-state index in [9.17, 15) is 9.90 Å².